The van der Waals surface area contributed by atoms with Crippen molar-refractivity contribution in [2.45, 2.75) is 84.0 Å². The molecule has 2 heterocycles. The zero-order valence-corrected chi connectivity index (χ0v) is 20.4. The highest BCUT2D eigenvalue weighted by Crippen LogP contribution is 2.21. The first-order chi connectivity index (χ1) is 16.0. The van der Waals surface area contributed by atoms with Crippen molar-refractivity contribution in [3.63, 3.8) is 0 Å². The minimum absolute atomic E-state index is 0.0189. The van der Waals surface area contributed by atoms with Crippen LogP contribution < -0.4 is 16.4 Å². The molecule has 0 radical (unpaired) electrons. The van der Waals surface area contributed by atoms with Gasteiger partial charge in [0, 0.05) is 19.2 Å². The number of hydrogen-bond acceptors (Lipinski definition) is 6. The molecule has 1 aromatic heterocycles. The van der Waals surface area contributed by atoms with Gasteiger partial charge in [-0.25, -0.2) is 9.78 Å². The van der Waals surface area contributed by atoms with Crippen molar-refractivity contribution in [3.8, 4) is 0 Å². The maximum atomic E-state index is 13.4. The van der Waals surface area contributed by atoms with Crippen LogP contribution in [0.15, 0.2) is 12.5 Å². The lowest BCUT2D eigenvalue weighted by atomic mass is 10.00. The molecule has 3 amide bonds. The lowest BCUT2D eigenvalue weighted by Gasteiger charge is -2.30. The highest BCUT2D eigenvalue weighted by Gasteiger charge is 2.39. The van der Waals surface area contributed by atoms with E-state index >= 15 is 0 Å². The third kappa shape index (κ3) is 7.82. The van der Waals surface area contributed by atoms with Gasteiger partial charge in [0.25, 0.3) is 0 Å². The Hall–Kier alpha value is -2.95. The third-order valence-corrected chi connectivity index (χ3v) is 5.81. The van der Waals surface area contributed by atoms with E-state index in [2.05, 4.69) is 20.6 Å². The first-order valence-corrected chi connectivity index (χ1v) is 11.9. The van der Waals surface area contributed by atoms with Crippen molar-refractivity contribution in [1.82, 2.24) is 25.5 Å². The van der Waals surface area contributed by atoms with Crippen LogP contribution in [0.3, 0.4) is 0 Å². The standard InChI is InChI=1S/C23H38N6O5/c1-13(2)8-16(24)20(30)27-17(9-14(3)4)22(32)29-7-5-6-19(29)21(31)28-18(23(33)34)10-15-11-25-12-26-15/h11-14,16-19H,5-10,24H2,1-4H3,(H,25,26)(H,27,30)(H,28,31)(H,33,34)/t16-,17-,18-,19-/m0/s1. The minimum Gasteiger partial charge on any atom is -0.480 e. The molecule has 1 saturated heterocycles. The maximum Gasteiger partial charge on any atom is 0.326 e. The van der Waals surface area contributed by atoms with E-state index in [1.807, 2.05) is 27.7 Å². The van der Waals surface area contributed by atoms with Crippen molar-refractivity contribution in [1.29, 1.82) is 0 Å². The first kappa shape index (κ1) is 27.3. The quantitative estimate of drug-likeness (QED) is 0.290. The fourth-order valence-corrected chi connectivity index (χ4v) is 4.17. The summed E-state index contributed by atoms with van der Waals surface area (Å²) in [6.45, 7) is 8.18. The Labute approximate surface area is 200 Å². The van der Waals surface area contributed by atoms with Gasteiger partial charge in [-0.1, -0.05) is 27.7 Å². The number of aromatic amines is 1. The van der Waals surface area contributed by atoms with E-state index in [0.717, 1.165) is 0 Å². The van der Waals surface area contributed by atoms with Crippen LogP contribution in [0.1, 0.15) is 59.1 Å². The Bertz CT molecular complexity index is 841. The van der Waals surface area contributed by atoms with E-state index in [9.17, 15) is 24.3 Å². The van der Waals surface area contributed by atoms with Crippen molar-refractivity contribution < 1.29 is 24.3 Å². The number of carbonyl (C=O) groups excluding carboxylic acids is 3. The molecule has 11 heteroatoms. The molecule has 34 heavy (non-hydrogen) atoms. The van der Waals surface area contributed by atoms with Gasteiger partial charge in [0.05, 0.1) is 18.1 Å². The van der Waals surface area contributed by atoms with Crippen LogP contribution in [0.25, 0.3) is 0 Å². The Morgan fingerprint density at radius 3 is 2.38 bits per heavy atom. The van der Waals surface area contributed by atoms with Crippen molar-refractivity contribution in [2.75, 3.05) is 6.54 Å². The number of H-pyrrole nitrogens is 1. The monoisotopic (exact) mass is 478 g/mol. The molecule has 1 fully saturated rings. The van der Waals surface area contributed by atoms with Crippen LogP contribution >= 0.6 is 0 Å². The normalized spacial score (nSPS) is 18.6. The number of rotatable bonds is 12. The summed E-state index contributed by atoms with van der Waals surface area (Å²) in [6.07, 6.45) is 4.94. The maximum absolute atomic E-state index is 13.4. The zero-order chi connectivity index (χ0) is 25.4. The van der Waals surface area contributed by atoms with E-state index < -0.39 is 42.0 Å². The minimum atomic E-state index is -1.18. The number of aromatic nitrogens is 2. The second-order valence-corrected chi connectivity index (χ2v) is 9.78. The predicted molar refractivity (Wildman–Crippen MR) is 125 cm³/mol. The van der Waals surface area contributed by atoms with Crippen molar-refractivity contribution in [3.05, 3.63) is 18.2 Å². The highest BCUT2D eigenvalue weighted by molar-refractivity contribution is 5.94. The van der Waals surface area contributed by atoms with E-state index in [0.29, 0.717) is 37.9 Å². The van der Waals surface area contributed by atoms with Crippen molar-refractivity contribution in [2.24, 2.45) is 17.6 Å². The molecule has 1 aliphatic heterocycles. The summed E-state index contributed by atoms with van der Waals surface area (Å²) >= 11 is 0. The number of nitrogens with zero attached hydrogens (tertiary/aromatic N) is 2. The van der Waals surface area contributed by atoms with Gasteiger partial charge in [0.2, 0.25) is 17.7 Å². The molecule has 1 aliphatic rings. The zero-order valence-electron chi connectivity index (χ0n) is 20.4. The number of aliphatic carboxylic acids is 1. The molecule has 0 aromatic carbocycles. The average Bonchev–Trinajstić information content (AvgIpc) is 3.43. The number of carbonyl (C=O) groups is 4. The number of carboxylic acid groups (broad SMARTS) is 1. The average molecular weight is 479 g/mol. The van der Waals surface area contributed by atoms with E-state index in [4.69, 9.17) is 5.73 Å². The smallest absolute Gasteiger partial charge is 0.326 e. The molecule has 1 aromatic rings. The molecule has 190 valence electrons. The van der Waals surface area contributed by atoms with Gasteiger partial charge in [-0.15, -0.1) is 0 Å². The lowest BCUT2D eigenvalue weighted by molar-refractivity contribution is -0.145. The first-order valence-electron chi connectivity index (χ1n) is 11.9. The van der Waals surface area contributed by atoms with E-state index in [1.54, 1.807) is 6.20 Å². The van der Waals surface area contributed by atoms with Gasteiger partial charge < -0.3 is 31.4 Å². The summed E-state index contributed by atoms with van der Waals surface area (Å²) in [6, 6.07) is -3.50. The second-order valence-electron chi connectivity index (χ2n) is 9.78. The molecular weight excluding hydrogens is 440 g/mol. The number of imidazole rings is 1. The predicted octanol–water partition coefficient (Wildman–Crippen LogP) is 0.417. The van der Waals surface area contributed by atoms with E-state index in [1.165, 1.54) is 11.2 Å². The summed E-state index contributed by atoms with van der Waals surface area (Å²) in [4.78, 5) is 58.9. The second kappa shape index (κ2) is 12.5. The number of nitrogens with two attached hydrogens (primary N) is 1. The number of hydrogen-bond donors (Lipinski definition) is 5. The van der Waals surface area contributed by atoms with Gasteiger partial charge in [-0.05, 0) is 37.5 Å². The van der Waals surface area contributed by atoms with Gasteiger partial charge >= 0.3 is 5.97 Å². The third-order valence-electron chi connectivity index (χ3n) is 5.81. The molecule has 6 N–H and O–H groups in total. The number of amides is 3. The van der Waals surface area contributed by atoms with E-state index in [-0.39, 0.29) is 24.2 Å². The van der Waals surface area contributed by atoms with Crippen molar-refractivity contribution >= 4 is 23.7 Å². The molecule has 0 unspecified atom stereocenters. The summed E-state index contributed by atoms with van der Waals surface area (Å²) in [7, 11) is 0. The Morgan fingerprint density at radius 1 is 1.15 bits per heavy atom. The number of carboxylic acids is 1. The summed E-state index contributed by atoms with van der Waals surface area (Å²) in [5.74, 6) is -2.10. The Morgan fingerprint density at radius 2 is 1.82 bits per heavy atom. The topological polar surface area (TPSA) is 171 Å². The Balaban J connectivity index is 2.10. The van der Waals surface area contributed by atoms with Crippen LogP contribution in [0.5, 0.6) is 0 Å². The molecule has 0 aliphatic carbocycles. The molecule has 0 bridgehead atoms. The Kier molecular flexibility index (Phi) is 10.0. The molecular formula is C23H38N6O5. The molecule has 2 rings (SSSR count). The van der Waals surface area contributed by atoms with Gasteiger partial charge in [0.1, 0.15) is 18.1 Å². The summed E-state index contributed by atoms with van der Waals surface area (Å²) < 4.78 is 0. The summed E-state index contributed by atoms with van der Waals surface area (Å²) in [5, 5.41) is 14.9. The highest BCUT2D eigenvalue weighted by atomic mass is 16.4. The fraction of sp³-hybridized carbons (Fsp3) is 0.696. The molecule has 4 atom stereocenters. The van der Waals surface area contributed by atoms with Gasteiger partial charge in [-0.3, -0.25) is 14.4 Å². The fourth-order valence-electron chi connectivity index (χ4n) is 4.17. The molecule has 0 spiro atoms. The molecule has 0 saturated carbocycles. The van der Waals surface area contributed by atoms with Gasteiger partial charge in [0.15, 0.2) is 0 Å². The largest absolute Gasteiger partial charge is 0.480 e. The molecule has 11 nitrogen and oxygen atoms in total. The van der Waals surface area contributed by atoms with Crippen LogP contribution in [-0.2, 0) is 25.6 Å². The SMILES string of the molecule is CC(C)C[C@H](NC(=O)[C@@H](N)CC(C)C)C(=O)N1CCC[C@H]1C(=O)N[C@@H](Cc1c[nH]cn1)C(=O)O. The number of likely N-dealkylation sites (tertiary alicyclic amines) is 1. The van der Waals surface area contributed by atoms with Crippen LogP contribution in [0, 0.1) is 11.8 Å². The number of nitrogens with one attached hydrogen (secondary N) is 3. The summed E-state index contributed by atoms with van der Waals surface area (Å²) in [5.41, 5.74) is 6.51. The van der Waals surface area contributed by atoms with Gasteiger partial charge in [-0.2, -0.15) is 0 Å². The van der Waals surface area contributed by atoms with Crippen LogP contribution in [0.2, 0.25) is 0 Å². The van der Waals surface area contributed by atoms with Crippen LogP contribution in [-0.4, -0.2) is 74.4 Å². The lowest BCUT2D eigenvalue weighted by Crippen LogP contribution is -2.57. The van der Waals surface area contributed by atoms with Crippen LogP contribution in [0.4, 0.5) is 0 Å².